The van der Waals surface area contributed by atoms with Gasteiger partial charge in [0.2, 0.25) is 11.8 Å². The van der Waals surface area contributed by atoms with E-state index in [-0.39, 0.29) is 24.3 Å². The van der Waals surface area contributed by atoms with E-state index in [1.54, 1.807) is 11.9 Å². The zero-order valence-electron chi connectivity index (χ0n) is 10.5. The van der Waals surface area contributed by atoms with Crippen LogP contribution in [-0.2, 0) is 9.59 Å². The quantitative estimate of drug-likeness (QED) is 0.709. The van der Waals surface area contributed by atoms with Crippen LogP contribution in [0.4, 0.5) is 0 Å². The number of hydrogen-bond donors (Lipinski definition) is 2. The van der Waals surface area contributed by atoms with Crippen molar-refractivity contribution in [1.82, 2.24) is 15.5 Å². The number of carbonyl (C=O) groups is 2. The summed E-state index contributed by atoms with van der Waals surface area (Å²) >= 11 is 0. The summed E-state index contributed by atoms with van der Waals surface area (Å²) in [6, 6.07) is 0.860. The van der Waals surface area contributed by atoms with Crippen LogP contribution < -0.4 is 10.6 Å². The molecule has 2 aliphatic rings. The molecule has 5 nitrogen and oxygen atoms in total. The normalized spacial score (nSPS) is 30.4. The van der Waals surface area contributed by atoms with Crippen molar-refractivity contribution < 1.29 is 9.59 Å². The molecule has 17 heavy (non-hydrogen) atoms. The Balaban J connectivity index is 1.95. The minimum absolute atomic E-state index is 0.0818. The van der Waals surface area contributed by atoms with Gasteiger partial charge in [-0.2, -0.15) is 0 Å². The van der Waals surface area contributed by atoms with E-state index < -0.39 is 0 Å². The molecule has 3 unspecified atom stereocenters. The summed E-state index contributed by atoms with van der Waals surface area (Å²) < 4.78 is 0. The van der Waals surface area contributed by atoms with Gasteiger partial charge in [-0.05, 0) is 26.2 Å². The van der Waals surface area contributed by atoms with Gasteiger partial charge in [-0.25, -0.2) is 0 Å². The van der Waals surface area contributed by atoms with Crippen LogP contribution in [0.5, 0.6) is 0 Å². The van der Waals surface area contributed by atoms with Gasteiger partial charge in [-0.15, -0.1) is 0 Å². The Kier molecular flexibility index (Phi) is 3.66. The summed E-state index contributed by atoms with van der Waals surface area (Å²) in [4.78, 5) is 25.3. The molecule has 2 aliphatic heterocycles. The first-order chi connectivity index (χ1) is 8.15. The van der Waals surface area contributed by atoms with Crippen LogP contribution in [-0.4, -0.2) is 48.9 Å². The van der Waals surface area contributed by atoms with Gasteiger partial charge in [-0.1, -0.05) is 0 Å². The molecule has 0 aliphatic carbocycles. The standard InChI is InChI=1S/C12H21N3O2/c1-3-15(7-11(16)13-2)12(17)9-6-8-4-5-10(9)14-8/h8-10,14H,3-7H2,1-2H3,(H,13,16). The monoisotopic (exact) mass is 239 g/mol. The van der Waals surface area contributed by atoms with Crippen LogP contribution in [0.1, 0.15) is 26.2 Å². The van der Waals surface area contributed by atoms with Gasteiger partial charge in [0.25, 0.3) is 0 Å². The van der Waals surface area contributed by atoms with E-state index in [2.05, 4.69) is 10.6 Å². The molecule has 0 radical (unpaired) electrons. The molecule has 0 spiro atoms. The number of nitrogens with zero attached hydrogens (tertiary/aromatic N) is 1. The Morgan fingerprint density at radius 3 is 2.65 bits per heavy atom. The Morgan fingerprint density at radius 2 is 2.18 bits per heavy atom. The van der Waals surface area contributed by atoms with E-state index in [1.165, 1.54) is 6.42 Å². The Hall–Kier alpha value is -1.10. The second-order valence-corrected chi connectivity index (χ2v) is 4.92. The highest BCUT2D eigenvalue weighted by molar-refractivity contribution is 5.86. The molecule has 2 heterocycles. The zero-order chi connectivity index (χ0) is 12.4. The third-order valence-electron chi connectivity index (χ3n) is 3.92. The van der Waals surface area contributed by atoms with Crippen molar-refractivity contribution in [2.75, 3.05) is 20.1 Å². The van der Waals surface area contributed by atoms with E-state index >= 15 is 0 Å². The number of carbonyl (C=O) groups excluding carboxylic acids is 2. The van der Waals surface area contributed by atoms with Gasteiger partial charge >= 0.3 is 0 Å². The maximum absolute atomic E-state index is 12.3. The van der Waals surface area contributed by atoms with Crippen molar-refractivity contribution in [3.05, 3.63) is 0 Å². The zero-order valence-corrected chi connectivity index (χ0v) is 10.5. The molecule has 2 saturated heterocycles. The maximum atomic E-state index is 12.3. The fourth-order valence-corrected chi connectivity index (χ4v) is 2.93. The minimum Gasteiger partial charge on any atom is -0.358 e. The SMILES string of the molecule is CCN(CC(=O)NC)C(=O)C1CC2CCC1N2. The molecule has 0 aromatic heterocycles. The number of rotatable bonds is 4. The third kappa shape index (κ3) is 2.44. The molecule has 96 valence electrons. The summed E-state index contributed by atoms with van der Waals surface area (Å²) in [6.45, 7) is 2.70. The van der Waals surface area contributed by atoms with E-state index in [1.807, 2.05) is 6.92 Å². The largest absolute Gasteiger partial charge is 0.358 e. The average molecular weight is 239 g/mol. The van der Waals surface area contributed by atoms with Gasteiger partial charge in [0, 0.05) is 25.7 Å². The first-order valence-corrected chi connectivity index (χ1v) is 6.41. The van der Waals surface area contributed by atoms with Gasteiger partial charge in [0.15, 0.2) is 0 Å². The first kappa shape index (κ1) is 12.4. The van der Waals surface area contributed by atoms with E-state index in [0.717, 1.165) is 12.8 Å². The van der Waals surface area contributed by atoms with Crippen LogP contribution in [0.2, 0.25) is 0 Å². The lowest BCUT2D eigenvalue weighted by atomic mass is 9.88. The number of fused-ring (bicyclic) bond motifs is 2. The van der Waals surface area contributed by atoms with Crippen LogP contribution in [0, 0.1) is 5.92 Å². The molecular weight excluding hydrogens is 218 g/mol. The van der Waals surface area contributed by atoms with Gasteiger partial charge in [0.1, 0.15) is 0 Å². The highest BCUT2D eigenvalue weighted by Crippen LogP contribution is 2.34. The summed E-state index contributed by atoms with van der Waals surface area (Å²) in [6.07, 6.45) is 3.22. The van der Waals surface area contributed by atoms with Crippen molar-refractivity contribution in [2.45, 2.75) is 38.3 Å². The molecule has 0 aromatic rings. The van der Waals surface area contributed by atoms with Crippen molar-refractivity contribution in [3.63, 3.8) is 0 Å². The molecule has 0 saturated carbocycles. The summed E-state index contributed by atoms with van der Waals surface area (Å²) in [5, 5.41) is 6.02. The fraction of sp³-hybridized carbons (Fsp3) is 0.833. The molecule has 2 amide bonds. The van der Waals surface area contributed by atoms with Crippen LogP contribution in [0.15, 0.2) is 0 Å². The van der Waals surface area contributed by atoms with Crippen LogP contribution in [0.3, 0.4) is 0 Å². The molecule has 2 rings (SSSR count). The number of hydrogen-bond acceptors (Lipinski definition) is 3. The molecule has 5 heteroatoms. The van der Waals surface area contributed by atoms with Gasteiger partial charge in [-0.3, -0.25) is 9.59 Å². The molecule has 2 bridgehead atoms. The number of likely N-dealkylation sites (N-methyl/N-ethyl adjacent to an activating group) is 2. The highest BCUT2D eigenvalue weighted by atomic mass is 16.2. The Morgan fingerprint density at radius 1 is 1.41 bits per heavy atom. The van der Waals surface area contributed by atoms with Gasteiger partial charge < -0.3 is 15.5 Å². The number of amides is 2. The Labute approximate surface area is 102 Å². The molecule has 0 aromatic carbocycles. The minimum atomic E-state index is -0.101. The van der Waals surface area contributed by atoms with Gasteiger partial charge in [0.05, 0.1) is 12.5 Å². The van der Waals surface area contributed by atoms with E-state index in [0.29, 0.717) is 18.6 Å². The highest BCUT2D eigenvalue weighted by Gasteiger charge is 2.44. The smallest absolute Gasteiger partial charge is 0.239 e. The second-order valence-electron chi connectivity index (χ2n) is 4.92. The van der Waals surface area contributed by atoms with Crippen LogP contribution in [0.25, 0.3) is 0 Å². The molecule has 2 fully saturated rings. The topological polar surface area (TPSA) is 61.4 Å². The lowest BCUT2D eigenvalue weighted by Crippen LogP contribution is -2.45. The average Bonchev–Trinajstić information content (AvgIpc) is 2.96. The van der Waals surface area contributed by atoms with Crippen molar-refractivity contribution in [1.29, 1.82) is 0 Å². The first-order valence-electron chi connectivity index (χ1n) is 6.41. The lowest BCUT2D eigenvalue weighted by Gasteiger charge is -2.27. The van der Waals surface area contributed by atoms with Crippen molar-refractivity contribution in [2.24, 2.45) is 5.92 Å². The van der Waals surface area contributed by atoms with Crippen molar-refractivity contribution in [3.8, 4) is 0 Å². The molecule has 2 N–H and O–H groups in total. The third-order valence-corrected chi connectivity index (χ3v) is 3.92. The fourth-order valence-electron chi connectivity index (χ4n) is 2.93. The molecular formula is C12H21N3O2. The predicted octanol–water partition coefficient (Wildman–Crippen LogP) is -0.279. The Bertz CT molecular complexity index is 319. The number of nitrogens with one attached hydrogen (secondary N) is 2. The van der Waals surface area contributed by atoms with E-state index in [9.17, 15) is 9.59 Å². The second kappa shape index (κ2) is 5.04. The van der Waals surface area contributed by atoms with Crippen LogP contribution >= 0.6 is 0 Å². The molecule has 3 atom stereocenters. The summed E-state index contributed by atoms with van der Waals surface area (Å²) in [7, 11) is 1.60. The maximum Gasteiger partial charge on any atom is 0.239 e. The van der Waals surface area contributed by atoms with Crippen molar-refractivity contribution >= 4 is 11.8 Å². The summed E-state index contributed by atoms with van der Waals surface area (Å²) in [5.74, 6) is 0.116. The summed E-state index contributed by atoms with van der Waals surface area (Å²) in [5.41, 5.74) is 0. The predicted molar refractivity (Wildman–Crippen MR) is 64.4 cm³/mol. The van der Waals surface area contributed by atoms with E-state index in [4.69, 9.17) is 0 Å². The lowest BCUT2D eigenvalue weighted by molar-refractivity contribution is -0.139.